The van der Waals surface area contributed by atoms with Gasteiger partial charge in [-0.2, -0.15) is 0 Å². The number of morpholine rings is 1. The third kappa shape index (κ3) is 3.35. The zero-order valence-corrected chi connectivity index (χ0v) is 11.2. The lowest BCUT2D eigenvalue weighted by molar-refractivity contribution is -0.143. The van der Waals surface area contributed by atoms with Crippen LogP contribution < -0.4 is 11.3 Å². The molecule has 0 aromatic carbocycles. The monoisotopic (exact) mass is 265 g/mol. The maximum atomic E-state index is 12.2. The van der Waals surface area contributed by atoms with E-state index in [-0.39, 0.29) is 30.2 Å². The molecule has 0 radical (unpaired) electrons. The molecule has 2 N–H and O–H groups in total. The van der Waals surface area contributed by atoms with Crippen molar-refractivity contribution < 1.29 is 9.53 Å². The number of carbonyl (C=O) groups is 1. The summed E-state index contributed by atoms with van der Waals surface area (Å²) >= 11 is 0. The smallest absolute Gasteiger partial charge is 0.251 e. The fraction of sp³-hybridized carbons (Fsp3) is 0.538. The van der Waals surface area contributed by atoms with Crippen LogP contribution in [-0.2, 0) is 16.1 Å². The quantitative estimate of drug-likeness (QED) is 0.820. The third-order valence-corrected chi connectivity index (χ3v) is 3.08. The van der Waals surface area contributed by atoms with Crippen molar-refractivity contribution in [3.8, 4) is 0 Å². The molecular weight excluding hydrogens is 246 g/mol. The van der Waals surface area contributed by atoms with Crippen molar-refractivity contribution >= 4 is 11.6 Å². The lowest BCUT2D eigenvalue weighted by atomic mass is 10.2. The Kier molecular flexibility index (Phi) is 3.90. The molecule has 0 spiro atoms. The molecule has 2 rings (SSSR count). The second-order valence-electron chi connectivity index (χ2n) is 4.98. The fourth-order valence-corrected chi connectivity index (χ4v) is 2.30. The van der Waals surface area contributed by atoms with Crippen LogP contribution in [0.1, 0.15) is 13.8 Å². The Morgan fingerprint density at radius 1 is 1.37 bits per heavy atom. The van der Waals surface area contributed by atoms with E-state index >= 15 is 0 Å². The number of rotatable bonds is 2. The molecule has 1 aliphatic rings. The predicted octanol–water partition coefficient (Wildman–Crippen LogP) is 0.0663. The summed E-state index contributed by atoms with van der Waals surface area (Å²) in [6.45, 7) is 5.00. The van der Waals surface area contributed by atoms with Crippen LogP contribution in [0.3, 0.4) is 0 Å². The summed E-state index contributed by atoms with van der Waals surface area (Å²) in [6, 6.07) is 2.90. The summed E-state index contributed by atoms with van der Waals surface area (Å²) in [5.74, 6) is -0.0882. The van der Waals surface area contributed by atoms with Crippen molar-refractivity contribution in [1.29, 1.82) is 0 Å². The highest BCUT2D eigenvalue weighted by Crippen LogP contribution is 2.11. The molecule has 1 amide bonds. The van der Waals surface area contributed by atoms with Gasteiger partial charge in [-0.05, 0) is 19.9 Å². The molecule has 19 heavy (non-hydrogen) atoms. The molecule has 0 aliphatic carbocycles. The normalized spacial score (nSPS) is 23.4. The molecule has 104 valence electrons. The zero-order chi connectivity index (χ0) is 14.0. The minimum Gasteiger partial charge on any atom is -0.398 e. The van der Waals surface area contributed by atoms with E-state index in [2.05, 4.69) is 0 Å². The van der Waals surface area contributed by atoms with Gasteiger partial charge in [-0.1, -0.05) is 0 Å². The number of carbonyl (C=O) groups excluding carboxylic acids is 1. The Labute approximate surface area is 111 Å². The first-order valence-electron chi connectivity index (χ1n) is 6.35. The van der Waals surface area contributed by atoms with Crippen molar-refractivity contribution in [2.45, 2.75) is 32.6 Å². The van der Waals surface area contributed by atoms with E-state index < -0.39 is 0 Å². The van der Waals surface area contributed by atoms with Gasteiger partial charge in [0.05, 0.1) is 12.2 Å². The van der Waals surface area contributed by atoms with Crippen LogP contribution in [0.15, 0.2) is 23.1 Å². The van der Waals surface area contributed by atoms with Crippen molar-refractivity contribution in [2.24, 2.45) is 0 Å². The number of nitrogens with two attached hydrogens (primary N) is 1. The Morgan fingerprint density at radius 2 is 2.00 bits per heavy atom. The van der Waals surface area contributed by atoms with Gasteiger partial charge in [0.15, 0.2) is 0 Å². The van der Waals surface area contributed by atoms with Crippen molar-refractivity contribution in [3.63, 3.8) is 0 Å². The topological polar surface area (TPSA) is 77.6 Å². The number of anilines is 1. The molecule has 1 saturated heterocycles. The number of pyridine rings is 1. The van der Waals surface area contributed by atoms with Gasteiger partial charge in [0, 0.05) is 31.0 Å². The summed E-state index contributed by atoms with van der Waals surface area (Å²) in [5, 5.41) is 0. The Balaban J connectivity index is 2.08. The molecular formula is C13H19N3O3. The molecule has 1 aromatic rings. The van der Waals surface area contributed by atoms with Gasteiger partial charge in [0.2, 0.25) is 5.91 Å². The second-order valence-corrected chi connectivity index (χ2v) is 4.98. The molecule has 2 heterocycles. The van der Waals surface area contributed by atoms with Gasteiger partial charge < -0.3 is 19.9 Å². The lowest BCUT2D eigenvalue weighted by Gasteiger charge is -2.35. The zero-order valence-electron chi connectivity index (χ0n) is 11.2. The van der Waals surface area contributed by atoms with Gasteiger partial charge in [0.25, 0.3) is 5.56 Å². The third-order valence-electron chi connectivity index (χ3n) is 3.08. The van der Waals surface area contributed by atoms with Crippen LogP contribution in [0.25, 0.3) is 0 Å². The first-order chi connectivity index (χ1) is 8.95. The van der Waals surface area contributed by atoms with Crippen LogP contribution in [-0.4, -0.2) is 40.7 Å². The van der Waals surface area contributed by atoms with E-state index in [0.717, 1.165) is 0 Å². The number of hydrogen-bond acceptors (Lipinski definition) is 4. The highest BCUT2D eigenvalue weighted by atomic mass is 16.5. The highest BCUT2D eigenvalue weighted by molar-refractivity contribution is 5.76. The summed E-state index contributed by atoms with van der Waals surface area (Å²) in [5.41, 5.74) is 5.86. The van der Waals surface area contributed by atoms with Gasteiger partial charge in [-0.15, -0.1) is 0 Å². The minimum absolute atomic E-state index is 0.0172. The Morgan fingerprint density at radius 3 is 2.63 bits per heavy atom. The van der Waals surface area contributed by atoms with Crippen LogP contribution >= 0.6 is 0 Å². The Bertz CT molecular complexity index is 516. The summed E-state index contributed by atoms with van der Waals surface area (Å²) in [4.78, 5) is 25.6. The molecule has 2 atom stereocenters. The molecule has 6 heteroatoms. The van der Waals surface area contributed by atoms with Crippen molar-refractivity contribution in [1.82, 2.24) is 9.47 Å². The maximum Gasteiger partial charge on any atom is 0.251 e. The maximum absolute atomic E-state index is 12.2. The minimum atomic E-state index is -0.225. The number of nitrogen functional groups attached to an aromatic ring is 1. The van der Waals surface area contributed by atoms with Crippen molar-refractivity contribution in [2.75, 3.05) is 18.8 Å². The average Bonchev–Trinajstić information content (AvgIpc) is 2.32. The first-order valence-corrected chi connectivity index (χ1v) is 6.35. The summed E-state index contributed by atoms with van der Waals surface area (Å²) in [7, 11) is 0. The molecule has 1 fully saturated rings. The number of ether oxygens (including phenoxy) is 1. The second kappa shape index (κ2) is 5.44. The Hall–Kier alpha value is -1.82. The molecule has 0 bridgehead atoms. The molecule has 6 nitrogen and oxygen atoms in total. The van der Waals surface area contributed by atoms with Gasteiger partial charge in [-0.25, -0.2) is 0 Å². The van der Waals surface area contributed by atoms with Crippen LogP contribution in [0.4, 0.5) is 5.69 Å². The van der Waals surface area contributed by atoms with E-state index in [1.165, 1.54) is 22.9 Å². The van der Waals surface area contributed by atoms with Gasteiger partial charge >= 0.3 is 0 Å². The molecule has 1 aliphatic heterocycles. The van der Waals surface area contributed by atoms with Crippen LogP contribution in [0, 0.1) is 0 Å². The predicted molar refractivity (Wildman–Crippen MR) is 71.7 cm³/mol. The van der Waals surface area contributed by atoms with Gasteiger partial charge in [0.1, 0.15) is 6.54 Å². The number of nitrogens with zero attached hydrogens (tertiary/aromatic N) is 2. The van der Waals surface area contributed by atoms with E-state index in [1.54, 1.807) is 4.90 Å². The standard InChI is InChI=1S/C13H19N3O3/c1-9-5-15(6-10(2)19-9)13(18)8-16-7-11(14)3-4-12(16)17/h3-4,7,9-10H,5-6,8,14H2,1-2H3/t9-,10+. The van der Waals surface area contributed by atoms with E-state index in [9.17, 15) is 9.59 Å². The lowest BCUT2D eigenvalue weighted by Crippen LogP contribution is -2.49. The van der Waals surface area contributed by atoms with Gasteiger partial charge in [-0.3, -0.25) is 9.59 Å². The molecule has 0 unspecified atom stereocenters. The average molecular weight is 265 g/mol. The summed E-state index contributed by atoms with van der Waals surface area (Å²) in [6.07, 6.45) is 1.53. The van der Waals surface area contributed by atoms with Crippen molar-refractivity contribution in [3.05, 3.63) is 28.7 Å². The van der Waals surface area contributed by atoms with Crippen LogP contribution in [0.5, 0.6) is 0 Å². The molecule has 0 saturated carbocycles. The van der Waals surface area contributed by atoms with Crippen LogP contribution in [0.2, 0.25) is 0 Å². The highest BCUT2D eigenvalue weighted by Gasteiger charge is 2.25. The van der Waals surface area contributed by atoms with E-state index in [0.29, 0.717) is 18.8 Å². The number of aromatic nitrogens is 1. The van der Waals surface area contributed by atoms with E-state index in [1.807, 2.05) is 13.8 Å². The van der Waals surface area contributed by atoms with E-state index in [4.69, 9.17) is 10.5 Å². The summed E-state index contributed by atoms with van der Waals surface area (Å²) < 4.78 is 6.91. The SMILES string of the molecule is C[C@@H]1CN(C(=O)Cn2cc(N)ccc2=O)C[C@H](C)O1. The largest absolute Gasteiger partial charge is 0.398 e. The first kappa shape index (κ1) is 13.6. The fourth-order valence-electron chi connectivity index (χ4n) is 2.30. The molecule has 1 aromatic heterocycles. The number of hydrogen-bond donors (Lipinski definition) is 1. The number of amides is 1.